The summed E-state index contributed by atoms with van der Waals surface area (Å²) in [6.45, 7) is 5.49. The van der Waals surface area contributed by atoms with Crippen LogP contribution in [0.3, 0.4) is 0 Å². The molecule has 1 atom stereocenters. The molecule has 0 aliphatic carbocycles. The van der Waals surface area contributed by atoms with Crippen LogP contribution in [0.4, 0.5) is 17.5 Å². The SMILES string of the molecule is C[C@H]1CNCCN1c1cc(-n2nc(Nc3cnccn3)c3ccc(OCc4ccccc4)cc32)ccn1. The number of piperazine rings is 1. The van der Waals surface area contributed by atoms with Crippen LogP contribution in [0.1, 0.15) is 12.5 Å². The summed E-state index contributed by atoms with van der Waals surface area (Å²) < 4.78 is 8.07. The number of anilines is 3. The van der Waals surface area contributed by atoms with Gasteiger partial charge in [-0.25, -0.2) is 14.6 Å². The van der Waals surface area contributed by atoms with Gasteiger partial charge in [0, 0.05) is 61.8 Å². The Morgan fingerprint density at radius 1 is 1.03 bits per heavy atom. The van der Waals surface area contributed by atoms with E-state index < -0.39 is 0 Å². The van der Waals surface area contributed by atoms with Gasteiger partial charge in [0.15, 0.2) is 5.82 Å². The third-order valence-corrected chi connectivity index (χ3v) is 6.48. The van der Waals surface area contributed by atoms with Crippen LogP contribution >= 0.6 is 0 Å². The summed E-state index contributed by atoms with van der Waals surface area (Å²) in [6.07, 6.45) is 6.83. The maximum atomic E-state index is 6.14. The number of nitrogens with zero attached hydrogens (tertiary/aromatic N) is 6. The zero-order chi connectivity index (χ0) is 25.0. The molecule has 4 heterocycles. The first-order valence-electron chi connectivity index (χ1n) is 12.4. The van der Waals surface area contributed by atoms with Crippen LogP contribution in [0.5, 0.6) is 5.75 Å². The van der Waals surface area contributed by atoms with E-state index >= 15 is 0 Å². The normalized spacial score (nSPS) is 15.6. The molecule has 3 aromatic heterocycles. The van der Waals surface area contributed by atoms with Crippen molar-refractivity contribution in [3.63, 3.8) is 0 Å². The number of hydrogen-bond acceptors (Lipinski definition) is 8. The number of nitrogens with one attached hydrogen (secondary N) is 2. The number of fused-ring (bicyclic) bond motifs is 1. The number of pyridine rings is 1. The fourth-order valence-electron chi connectivity index (χ4n) is 4.58. The molecule has 9 heteroatoms. The molecule has 2 aromatic carbocycles. The van der Waals surface area contributed by atoms with Crippen molar-refractivity contribution in [2.75, 3.05) is 29.9 Å². The molecule has 186 valence electrons. The Labute approximate surface area is 215 Å². The molecule has 0 unspecified atom stereocenters. The maximum absolute atomic E-state index is 6.14. The van der Waals surface area contributed by atoms with Crippen LogP contribution in [-0.2, 0) is 6.61 Å². The predicted molar refractivity (Wildman–Crippen MR) is 145 cm³/mol. The Morgan fingerprint density at radius 2 is 1.95 bits per heavy atom. The van der Waals surface area contributed by atoms with E-state index in [9.17, 15) is 0 Å². The zero-order valence-corrected chi connectivity index (χ0v) is 20.6. The first-order valence-corrected chi connectivity index (χ1v) is 12.4. The predicted octanol–water partition coefficient (Wildman–Crippen LogP) is 4.33. The smallest absolute Gasteiger partial charge is 0.162 e. The van der Waals surface area contributed by atoms with Gasteiger partial charge >= 0.3 is 0 Å². The topological polar surface area (TPSA) is 93.0 Å². The number of hydrogen-bond donors (Lipinski definition) is 2. The van der Waals surface area contributed by atoms with Crippen LogP contribution in [0.15, 0.2) is 85.5 Å². The summed E-state index contributed by atoms with van der Waals surface area (Å²) in [7, 11) is 0. The van der Waals surface area contributed by atoms with Crippen LogP contribution < -0.4 is 20.3 Å². The van der Waals surface area contributed by atoms with Crippen LogP contribution in [0, 0.1) is 0 Å². The summed E-state index contributed by atoms with van der Waals surface area (Å²) in [4.78, 5) is 15.5. The van der Waals surface area contributed by atoms with Gasteiger partial charge in [-0.2, -0.15) is 0 Å². The van der Waals surface area contributed by atoms with E-state index in [4.69, 9.17) is 9.84 Å². The van der Waals surface area contributed by atoms with Gasteiger partial charge in [-0.05, 0) is 30.7 Å². The van der Waals surface area contributed by atoms with Gasteiger partial charge in [0.2, 0.25) is 0 Å². The minimum absolute atomic E-state index is 0.359. The van der Waals surface area contributed by atoms with Crippen molar-refractivity contribution in [3.05, 3.63) is 91.0 Å². The Hall–Kier alpha value is -4.50. The van der Waals surface area contributed by atoms with E-state index in [0.717, 1.165) is 53.4 Å². The molecule has 0 bridgehead atoms. The van der Waals surface area contributed by atoms with Crippen molar-refractivity contribution in [2.24, 2.45) is 0 Å². The molecule has 6 rings (SSSR count). The molecule has 1 fully saturated rings. The lowest BCUT2D eigenvalue weighted by Crippen LogP contribution is -2.50. The van der Waals surface area contributed by atoms with E-state index in [1.54, 1.807) is 18.6 Å². The van der Waals surface area contributed by atoms with Crippen molar-refractivity contribution in [1.29, 1.82) is 0 Å². The van der Waals surface area contributed by atoms with Crippen molar-refractivity contribution >= 4 is 28.4 Å². The lowest BCUT2D eigenvalue weighted by Gasteiger charge is -2.35. The average Bonchev–Trinajstić information content (AvgIpc) is 3.31. The maximum Gasteiger partial charge on any atom is 0.162 e. The van der Waals surface area contributed by atoms with Crippen LogP contribution in [-0.4, -0.2) is 50.4 Å². The van der Waals surface area contributed by atoms with E-state index in [0.29, 0.717) is 24.3 Å². The fourth-order valence-corrected chi connectivity index (χ4v) is 4.58. The summed E-state index contributed by atoms with van der Waals surface area (Å²) >= 11 is 0. The Bertz CT molecular complexity index is 1490. The minimum Gasteiger partial charge on any atom is -0.489 e. The molecule has 0 saturated carbocycles. The molecule has 37 heavy (non-hydrogen) atoms. The van der Waals surface area contributed by atoms with E-state index in [1.807, 2.05) is 53.3 Å². The van der Waals surface area contributed by atoms with E-state index in [1.165, 1.54) is 0 Å². The van der Waals surface area contributed by atoms with Gasteiger partial charge in [0.05, 0.1) is 17.4 Å². The Morgan fingerprint density at radius 3 is 2.78 bits per heavy atom. The molecule has 1 saturated heterocycles. The monoisotopic (exact) mass is 492 g/mol. The lowest BCUT2D eigenvalue weighted by atomic mass is 10.2. The largest absolute Gasteiger partial charge is 0.489 e. The molecule has 1 aliphatic rings. The molecule has 1 aliphatic heterocycles. The summed E-state index contributed by atoms with van der Waals surface area (Å²) in [5.74, 6) is 3.03. The summed E-state index contributed by atoms with van der Waals surface area (Å²) in [5, 5.41) is 12.7. The highest BCUT2D eigenvalue weighted by Crippen LogP contribution is 2.31. The van der Waals surface area contributed by atoms with Gasteiger partial charge in [-0.3, -0.25) is 4.98 Å². The van der Waals surface area contributed by atoms with Gasteiger partial charge < -0.3 is 20.3 Å². The van der Waals surface area contributed by atoms with Crippen LogP contribution in [0.2, 0.25) is 0 Å². The lowest BCUT2D eigenvalue weighted by molar-refractivity contribution is 0.306. The highest BCUT2D eigenvalue weighted by atomic mass is 16.5. The highest BCUT2D eigenvalue weighted by Gasteiger charge is 2.21. The summed E-state index contributed by atoms with van der Waals surface area (Å²) in [5.41, 5.74) is 2.96. The second-order valence-corrected chi connectivity index (χ2v) is 9.05. The molecule has 0 spiro atoms. The number of benzene rings is 2. The second kappa shape index (κ2) is 10.2. The first kappa shape index (κ1) is 22.9. The van der Waals surface area contributed by atoms with Gasteiger partial charge in [-0.15, -0.1) is 5.10 Å². The van der Waals surface area contributed by atoms with Crippen molar-refractivity contribution in [3.8, 4) is 11.4 Å². The average molecular weight is 493 g/mol. The minimum atomic E-state index is 0.359. The van der Waals surface area contributed by atoms with Crippen molar-refractivity contribution < 1.29 is 4.74 Å². The number of ether oxygens (including phenoxy) is 1. The first-order chi connectivity index (χ1) is 18.2. The van der Waals surface area contributed by atoms with E-state index in [2.05, 4.69) is 55.6 Å². The van der Waals surface area contributed by atoms with Crippen molar-refractivity contribution in [1.82, 2.24) is 30.0 Å². The van der Waals surface area contributed by atoms with Crippen molar-refractivity contribution in [2.45, 2.75) is 19.6 Å². The Balaban J connectivity index is 1.39. The summed E-state index contributed by atoms with van der Waals surface area (Å²) in [6, 6.07) is 20.6. The van der Waals surface area contributed by atoms with Gasteiger partial charge in [-0.1, -0.05) is 30.3 Å². The number of aromatic nitrogens is 5. The fraction of sp³-hybridized carbons (Fsp3) is 0.214. The van der Waals surface area contributed by atoms with Crippen LogP contribution in [0.25, 0.3) is 16.6 Å². The number of rotatable bonds is 7. The van der Waals surface area contributed by atoms with Gasteiger partial charge in [0.25, 0.3) is 0 Å². The molecule has 0 amide bonds. The molecular formula is C28H28N8O. The zero-order valence-electron chi connectivity index (χ0n) is 20.6. The molecular weight excluding hydrogens is 464 g/mol. The molecule has 2 N–H and O–H groups in total. The third-order valence-electron chi connectivity index (χ3n) is 6.48. The Kier molecular flexibility index (Phi) is 6.35. The molecule has 9 nitrogen and oxygen atoms in total. The molecule has 0 radical (unpaired) electrons. The standard InChI is InChI=1S/C28H28N8O/c1-20-17-30-13-14-35(20)27-15-22(9-10-32-27)36-25-16-23(37-19-21-5-3-2-4-6-21)7-8-24(25)28(34-36)33-26-18-29-11-12-31-26/h2-12,15-16,18,20,30H,13-14,17,19H2,1H3,(H,31,33,34)/t20-/m0/s1. The van der Waals surface area contributed by atoms with Gasteiger partial charge in [0.1, 0.15) is 24.0 Å². The molecule has 5 aromatic rings. The third kappa shape index (κ3) is 4.94. The second-order valence-electron chi connectivity index (χ2n) is 9.05. The van der Waals surface area contributed by atoms with E-state index in [-0.39, 0.29) is 0 Å². The quantitative estimate of drug-likeness (QED) is 0.347. The highest BCUT2D eigenvalue weighted by molar-refractivity contribution is 5.93.